The summed E-state index contributed by atoms with van der Waals surface area (Å²) in [7, 11) is 0. The molecule has 0 spiro atoms. The van der Waals surface area contributed by atoms with Gasteiger partial charge in [-0.05, 0) is 42.8 Å². The lowest BCUT2D eigenvalue weighted by Crippen LogP contribution is -2.45. The number of ether oxygens (including phenoxy) is 1. The number of imide groups is 1. The van der Waals surface area contributed by atoms with E-state index in [0.29, 0.717) is 50.0 Å². The third kappa shape index (κ3) is 2.91. The van der Waals surface area contributed by atoms with Crippen LogP contribution in [0.5, 0.6) is 0 Å². The number of halogens is 2. The van der Waals surface area contributed by atoms with Crippen molar-refractivity contribution in [1.29, 1.82) is 0 Å². The highest BCUT2D eigenvalue weighted by atomic mass is 19.1. The van der Waals surface area contributed by atoms with Crippen LogP contribution in [0.4, 0.5) is 8.78 Å². The van der Waals surface area contributed by atoms with Gasteiger partial charge in [-0.3, -0.25) is 14.9 Å². The Kier molecular flexibility index (Phi) is 4.58. The maximum absolute atomic E-state index is 14.6. The Morgan fingerprint density at radius 2 is 1.68 bits per heavy atom. The molecule has 2 aromatic heterocycles. The van der Waals surface area contributed by atoms with Crippen molar-refractivity contribution in [2.75, 3.05) is 0 Å². The molecule has 2 amide bonds. The van der Waals surface area contributed by atoms with Crippen molar-refractivity contribution in [2.45, 2.75) is 44.3 Å². The van der Waals surface area contributed by atoms with Crippen molar-refractivity contribution < 1.29 is 33.3 Å². The Bertz CT molecular complexity index is 1820. The second-order valence-electron chi connectivity index (χ2n) is 9.70. The average Bonchev–Trinajstić information content (AvgIpc) is 3.49. The molecule has 5 aromatic rings. The number of nitrogens with zero attached hydrogens (tertiary/aromatic N) is 1. The van der Waals surface area contributed by atoms with E-state index in [0.717, 1.165) is 0 Å². The Morgan fingerprint density at radius 1 is 1.00 bits per heavy atom. The zero-order valence-electron chi connectivity index (χ0n) is 19.5. The molecule has 1 fully saturated rings. The van der Waals surface area contributed by atoms with E-state index < -0.39 is 41.9 Å². The molecule has 7 rings (SSSR count). The Balaban J connectivity index is 1.73. The van der Waals surface area contributed by atoms with Gasteiger partial charge in [-0.1, -0.05) is 6.92 Å². The zero-order chi connectivity index (χ0) is 25.7. The van der Waals surface area contributed by atoms with E-state index in [9.17, 15) is 28.6 Å². The standard InChI is InChI=1S/C27H21F2N3O5/c1-2-12-9-17(33)24(34)27(37-12)32-16-6-4-11(29)8-14(16)19-21-20(25(35)31-26(21)36)18-13-7-10(28)3-5-15(13)30-22(18)23(19)32/h3-8,12,17,24,27,30,33-34H,2,9H2,1H3,(H,31,35,36). The van der Waals surface area contributed by atoms with Crippen LogP contribution in [-0.4, -0.2) is 49.9 Å². The number of nitrogens with one attached hydrogen (secondary N) is 2. The molecule has 3 aromatic carbocycles. The highest BCUT2D eigenvalue weighted by Crippen LogP contribution is 2.46. The highest BCUT2D eigenvalue weighted by molar-refractivity contribution is 6.39. The van der Waals surface area contributed by atoms with E-state index in [-0.39, 0.29) is 23.7 Å². The van der Waals surface area contributed by atoms with E-state index in [2.05, 4.69) is 10.3 Å². The molecule has 0 aliphatic carbocycles. The topological polar surface area (TPSA) is 117 Å². The number of hydrogen-bond acceptors (Lipinski definition) is 5. The number of fused-ring (bicyclic) bond motifs is 10. The van der Waals surface area contributed by atoms with Crippen LogP contribution in [0, 0.1) is 11.6 Å². The summed E-state index contributed by atoms with van der Waals surface area (Å²) in [4.78, 5) is 29.4. The molecule has 8 nitrogen and oxygen atoms in total. The molecule has 2 aliphatic rings. The van der Waals surface area contributed by atoms with Crippen LogP contribution in [0.25, 0.3) is 43.6 Å². The first-order valence-corrected chi connectivity index (χ1v) is 12.1. The first kappa shape index (κ1) is 22.3. The average molecular weight is 505 g/mol. The molecule has 4 heterocycles. The van der Waals surface area contributed by atoms with E-state index in [4.69, 9.17) is 4.74 Å². The number of rotatable bonds is 2. The molecule has 0 saturated carbocycles. The number of benzene rings is 3. The molecular formula is C27H21F2N3O5. The fourth-order valence-corrected chi connectivity index (χ4v) is 5.99. The van der Waals surface area contributed by atoms with Gasteiger partial charge in [0.2, 0.25) is 0 Å². The zero-order valence-corrected chi connectivity index (χ0v) is 19.5. The number of aliphatic hydroxyl groups is 2. The van der Waals surface area contributed by atoms with Crippen molar-refractivity contribution in [2.24, 2.45) is 0 Å². The second kappa shape index (κ2) is 7.58. The van der Waals surface area contributed by atoms with Crippen LogP contribution in [0.3, 0.4) is 0 Å². The highest BCUT2D eigenvalue weighted by Gasteiger charge is 2.41. The number of carbonyl (C=O) groups is 2. The number of aromatic nitrogens is 2. The van der Waals surface area contributed by atoms with Gasteiger partial charge in [-0.2, -0.15) is 0 Å². The predicted molar refractivity (Wildman–Crippen MR) is 131 cm³/mol. The summed E-state index contributed by atoms with van der Waals surface area (Å²) in [5.74, 6) is -2.36. The van der Waals surface area contributed by atoms with Gasteiger partial charge in [-0.15, -0.1) is 0 Å². The summed E-state index contributed by atoms with van der Waals surface area (Å²) in [5.41, 5.74) is 1.87. The van der Waals surface area contributed by atoms with Crippen LogP contribution in [0.1, 0.15) is 46.7 Å². The van der Waals surface area contributed by atoms with Crippen molar-refractivity contribution in [3.63, 3.8) is 0 Å². The summed E-state index contributed by atoms with van der Waals surface area (Å²) >= 11 is 0. The fraction of sp³-hybridized carbons (Fsp3) is 0.259. The molecule has 2 aliphatic heterocycles. The van der Waals surface area contributed by atoms with E-state index >= 15 is 0 Å². The summed E-state index contributed by atoms with van der Waals surface area (Å²) < 4.78 is 36.8. The lowest BCUT2D eigenvalue weighted by Gasteiger charge is -2.38. The van der Waals surface area contributed by atoms with Gasteiger partial charge in [-0.25, -0.2) is 8.78 Å². The molecule has 1 saturated heterocycles. The third-order valence-electron chi connectivity index (χ3n) is 7.63. The Morgan fingerprint density at radius 3 is 2.41 bits per heavy atom. The summed E-state index contributed by atoms with van der Waals surface area (Å²) in [6.07, 6.45) is -3.02. The second-order valence-corrected chi connectivity index (χ2v) is 9.70. The van der Waals surface area contributed by atoms with Gasteiger partial charge >= 0.3 is 0 Å². The Hall–Kier alpha value is -3.86. The van der Waals surface area contributed by atoms with E-state index in [1.165, 1.54) is 36.4 Å². The number of amides is 2. The minimum absolute atomic E-state index is 0.0462. The third-order valence-corrected chi connectivity index (χ3v) is 7.63. The monoisotopic (exact) mass is 505 g/mol. The maximum atomic E-state index is 14.6. The van der Waals surface area contributed by atoms with Gasteiger partial charge in [0.1, 0.15) is 17.7 Å². The fourth-order valence-electron chi connectivity index (χ4n) is 5.99. The molecular weight excluding hydrogens is 484 g/mol. The van der Waals surface area contributed by atoms with Crippen LogP contribution >= 0.6 is 0 Å². The number of aromatic amines is 1. The van der Waals surface area contributed by atoms with Crippen LogP contribution in [0.2, 0.25) is 0 Å². The van der Waals surface area contributed by atoms with Crippen LogP contribution in [0.15, 0.2) is 36.4 Å². The van der Waals surface area contributed by atoms with E-state index in [1.807, 2.05) is 6.92 Å². The number of H-pyrrole nitrogens is 1. The summed E-state index contributed by atoms with van der Waals surface area (Å²) in [6.45, 7) is 1.90. The minimum Gasteiger partial charge on any atom is -0.390 e. The SMILES string of the molecule is CCC1CC(O)C(O)C(n2c3ccc(F)cc3c3c4c(c5c6cc(F)ccc6[nH]c5c32)C(=O)NC4=O)O1. The van der Waals surface area contributed by atoms with Gasteiger partial charge in [0.15, 0.2) is 6.23 Å². The van der Waals surface area contributed by atoms with Crippen LogP contribution < -0.4 is 5.32 Å². The van der Waals surface area contributed by atoms with Crippen molar-refractivity contribution in [3.8, 4) is 0 Å². The molecule has 4 unspecified atom stereocenters. The molecule has 37 heavy (non-hydrogen) atoms. The maximum Gasteiger partial charge on any atom is 0.259 e. The number of carbonyl (C=O) groups excluding carboxylic acids is 2. The van der Waals surface area contributed by atoms with Gasteiger partial charge in [0, 0.05) is 33.5 Å². The molecule has 10 heteroatoms. The lowest BCUT2D eigenvalue weighted by molar-refractivity contribution is -0.195. The largest absolute Gasteiger partial charge is 0.390 e. The van der Waals surface area contributed by atoms with Gasteiger partial charge in [0.05, 0.1) is 39.9 Å². The molecule has 4 N–H and O–H groups in total. The molecule has 4 atom stereocenters. The first-order valence-electron chi connectivity index (χ1n) is 12.1. The minimum atomic E-state index is -1.33. The van der Waals surface area contributed by atoms with Crippen molar-refractivity contribution in [1.82, 2.24) is 14.9 Å². The smallest absolute Gasteiger partial charge is 0.259 e. The first-order chi connectivity index (χ1) is 17.8. The Labute approximate surface area is 207 Å². The van der Waals surface area contributed by atoms with Gasteiger partial charge < -0.3 is 24.5 Å². The quantitative estimate of drug-likeness (QED) is 0.271. The van der Waals surface area contributed by atoms with Gasteiger partial charge in [0.25, 0.3) is 11.8 Å². The molecule has 0 radical (unpaired) electrons. The molecule has 188 valence electrons. The normalized spacial score (nSPS) is 24.0. The summed E-state index contributed by atoms with van der Waals surface area (Å²) in [5, 5.41) is 25.4. The number of hydrogen-bond donors (Lipinski definition) is 4. The van der Waals surface area contributed by atoms with Crippen LogP contribution in [-0.2, 0) is 4.74 Å². The lowest BCUT2D eigenvalue weighted by atomic mass is 9.96. The van der Waals surface area contributed by atoms with Crippen molar-refractivity contribution >= 4 is 55.4 Å². The molecule has 0 bridgehead atoms. The van der Waals surface area contributed by atoms with Crippen molar-refractivity contribution in [3.05, 3.63) is 59.2 Å². The predicted octanol–water partition coefficient (Wildman–Crippen LogP) is 4.01. The summed E-state index contributed by atoms with van der Waals surface area (Å²) in [6, 6.07) is 8.13. The number of aliphatic hydroxyl groups excluding tert-OH is 2. The van der Waals surface area contributed by atoms with E-state index in [1.54, 1.807) is 4.57 Å².